The normalized spacial score (nSPS) is 21.9. The molecule has 0 bridgehead atoms. The van der Waals surface area contributed by atoms with Gasteiger partial charge >= 0.3 is 0 Å². The second kappa shape index (κ2) is 39.7. The van der Waals surface area contributed by atoms with Crippen LogP contribution in [0.1, 0.15) is 218 Å². The Labute approximate surface area is 724 Å². The fourth-order valence-corrected chi connectivity index (χ4v) is 19.3. The van der Waals surface area contributed by atoms with Gasteiger partial charge in [0, 0.05) is 156 Å². The maximum absolute atomic E-state index is 15.2. The molecule has 1 unspecified atom stereocenters. The van der Waals surface area contributed by atoms with Gasteiger partial charge in [-0.3, -0.25) is 34.6 Å². The minimum atomic E-state index is -0.341. The second-order valence-electron chi connectivity index (χ2n) is 31.7. The number of aryl methyl sites for hydroxylation is 1. The smallest absolute Gasteiger partial charge is 0.131 e. The highest BCUT2D eigenvalue weighted by Gasteiger charge is 2.32. The topological polar surface area (TPSA) is 365 Å². The number of hydrogen-bond acceptors (Lipinski definition) is 20. The van der Waals surface area contributed by atoms with Crippen LogP contribution >= 0.6 is 47.8 Å². The van der Waals surface area contributed by atoms with Crippen LogP contribution in [-0.2, 0) is 6.54 Å². The number of aromatic nitrogens is 20. The second-order valence-corrected chi connectivity index (χ2v) is 34.2. The quantitative estimate of drug-likeness (QED) is 0.123. The predicted octanol–water partition coefficient (Wildman–Crippen LogP) is 19.9. The van der Waals surface area contributed by atoms with E-state index < -0.39 is 0 Å². The van der Waals surface area contributed by atoms with Crippen molar-refractivity contribution in [2.24, 2.45) is 35.5 Å². The SMILES string of the molecule is N#CC1CC=C(c2nccn3nccc23)CC1.N#CC1CCC(c2nccn3ncc(Br)c23)CC1.N#CC1CCC(c2nccn3ncc(Br)c23)CC1.N#CC1CCC(c2nccn3ncc(Br)c23)CC1.N#CC1CCC(c2nccn3nccc23)CC1.N#CCCn1cc(-c2ccc(-c3cnn4ccnc(C5CCC(C#N)CC5)c34)cc2F)cn1. The van der Waals surface area contributed by atoms with Gasteiger partial charge in [0.05, 0.1) is 169 Å². The van der Waals surface area contributed by atoms with E-state index >= 15 is 4.39 Å². The van der Waals surface area contributed by atoms with Gasteiger partial charge in [0.25, 0.3) is 0 Å². The average Bonchev–Trinajstić information content (AvgIpc) is 1.64. The van der Waals surface area contributed by atoms with Crippen molar-refractivity contribution in [3.8, 4) is 64.7 Å². The first-order valence-electron chi connectivity index (χ1n) is 41.4. The molecule has 5 fully saturated rings. The van der Waals surface area contributed by atoms with E-state index in [0.717, 1.165) is 239 Å². The zero-order valence-corrected chi connectivity index (χ0v) is 71.4. The van der Waals surface area contributed by atoms with Gasteiger partial charge < -0.3 is 0 Å². The summed E-state index contributed by atoms with van der Waals surface area (Å²) in [6.45, 7) is 0.477. The molecule has 5 saturated carbocycles. The Kier molecular flexibility index (Phi) is 27.5. The van der Waals surface area contributed by atoms with E-state index in [9.17, 15) is 5.26 Å². The monoisotopic (exact) mass is 1800 g/mol. The fraction of sp³-hybridized carbons (Fsp3) is 0.400. The molecule has 0 amide bonds. The molecule has 0 aliphatic heterocycles. The van der Waals surface area contributed by atoms with Gasteiger partial charge in [-0.25, -0.2) is 31.5 Å². The summed E-state index contributed by atoms with van der Waals surface area (Å²) in [6, 6.07) is 25.4. The lowest BCUT2D eigenvalue weighted by Crippen LogP contribution is -2.14. The van der Waals surface area contributed by atoms with E-state index in [4.69, 9.17) is 31.6 Å². The largest absolute Gasteiger partial charge is 0.271 e. The molecule has 121 heavy (non-hydrogen) atoms. The first kappa shape index (κ1) is 83.7. The highest BCUT2D eigenvalue weighted by molar-refractivity contribution is 9.11. The summed E-state index contributed by atoms with van der Waals surface area (Å²) < 4.78 is 30.9. The van der Waals surface area contributed by atoms with Gasteiger partial charge in [-0.2, -0.15) is 72.5 Å². The first-order chi connectivity index (χ1) is 59.3. The van der Waals surface area contributed by atoms with Crippen LogP contribution in [-0.4, -0.2) is 97.4 Å². The molecule has 0 saturated heterocycles. The summed E-state index contributed by atoms with van der Waals surface area (Å²) in [5, 5.41) is 92.6. The number of benzene rings is 1. The average molecular weight is 1810 g/mol. The standard InChI is InChI=1S/C25H22FN7.3C13H13BrN4.C13H14N4.C13H12N4/c26-23-12-19(6-7-21(23)20-14-30-32(16-20)10-1-8-27)22-15-31-33-11-9-29-24(25(22)33)18-4-2-17(13-28)3-5-18;3*14-11-8-17-18-6-5-16-12(13(11)18)10-3-1-9(7-15)2-4-10;2*14-9-10-1-3-11(4-2-10)13-12-5-6-16-17(12)8-7-15-13/h6-7,9,11-12,14-18H,1-5,10H2;3*5-6,8-10H,1-4H2;5-8,10-11H,1-4H2;3,5-8,10H,1-2,4H2. The lowest BCUT2D eigenvalue weighted by Gasteiger charge is -2.25. The Bertz CT molecular complexity index is 6030. The van der Waals surface area contributed by atoms with Crippen LogP contribution in [0.3, 0.4) is 0 Å². The lowest BCUT2D eigenvalue weighted by molar-refractivity contribution is 0.378. The van der Waals surface area contributed by atoms with Crippen molar-refractivity contribution in [3.63, 3.8) is 0 Å². The van der Waals surface area contributed by atoms with Gasteiger partial charge in [0.2, 0.25) is 0 Å². The third-order valence-electron chi connectivity index (χ3n) is 24.4. The molecular formula is C90H87Br3FN27. The van der Waals surface area contributed by atoms with Crippen molar-refractivity contribution < 1.29 is 4.39 Å². The van der Waals surface area contributed by atoms with Crippen LogP contribution in [0.15, 0.2) is 174 Å². The molecule has 6 aliphatic rings. The number of hydrogen-bond donors (Lipinski definition) is 0. The third-order valence-corrected chi connectivity index (χ3v) is 26.2. The molecule has 13 aromatic heterocycles. The van der Waals surface area contributed by atoms with E-state index in [0.29, 0.717) is 47.8 Å². The third kappa shape index (κ3) is 19.3. The van der Waals surface area contributed by atoms with E-state index in [1.165, 1.54) is 11.6 Å². The van der Waals surface area contributed by atoms with Crippen LogP contribution in [0.25, 0.3) is 60.9 Å². The van der Waals surface area contributed by atoms with Crippen LogP contribution < -0.4 is 0 Å². The zero-order chi connectivity index (χ0) is 83.7. The van der Waals surface area contributed by atoms with Gasteiger partial charge in [0.15, 0.2) is 0 Å². The van der Waals surface area contributed by atoms with Crippen LogP contribution in [0.2, 0.25) is 0 Å². The van der Waals surface area contributed by atoms with Crippen LogP contribution in [0.5, 0.6) is 0 Å². The first-order valence-corrected chi connectivity index (χ1v) is 43.8. The maximum atomic E-state index is 15.2. The Balaban J connectivity index is 0.000000115. The number of allylic oxidation sites excluding steroid dienone is 2. The summed E-state index contributed by atoms with van der Waals surface area (Å²) in [5.41, 5.74) is 16.6. The van der Waals surface area contributed by atoms with Crippen molar-refractivity contribution in [1.29, 1.82) is 36.8 Å². The minimum absolute atomic E-state index is 0.122. The molecule has 14 aromatic rings. The molecule has 0 radical (unpaired) electrons. The molecule has 0 N–H and O–H groups in total. The summed E-state index contributed by atoms with van der Waals surface area (Å²) >= 11 is 10.6. The molecule has 27 nitrogen and oxygen atoms in total. The molecule has 20 rings (SSSR count). The highest BCUT2D eigenvalue weighted by atomic mass is 79.9. The number of fused-ring (bicyclic) bond motifs is 6. The molecule has 0 spiro atoms. The van der Waals surface area contributed by atoms with Crippen molar-refractivity contribution in [2.75, 3.05) is 0 Å². The predicted molar refractivity (Wildman–Crippen MR) is 460 cm³/mol. The zero-order valence-electron chi connectivity index (χ0n) is 66.6. The Morgan fingerprint density at radius 3 is 1.15 bits per heavy atom. The van der Waals surface area contributed by atoms with Gasteiger partial charge in [-0.15, -0.1) is 0 Å². The van der Waals surface area contributed by atoms with Crippen molar-refractivity contribution >= 4 is 86.5 Å². The molecule has 6 aliphatic carbocycles. The number of nitrogens with zero attached hydrogens (tertiary/aromatic N) is 27. The van der Waals surface area contributed by atoms with Crippen molar-refractivity contribution in [2.45, 2.75) is 190 Å². The number of halogens is 4. The van der Waals surface area contributed by atoms with E-state index in [2.05, 4.69) is 162 Å². The molecular weight excluding hydrogens is 1720 g/mol. The Morgan fingerprint density at radius 1 is 0.355 bits per heavy atom. The molecule has 1 atom stereocenters. The number of rotatable bonds is 10. The van der Waals surface area contributed by atoms with E-state index in [1.54, 1.807) is 95.8 Å². The maximum Gasteiger partial charge on any atom is 0.131 e. The van der Waals surface area contributed by atoms with Gasteiger partial charge in [-0.1, -0.05) is 18.2 Å². The fourth-order valence-electron chi connectivity index (χ4n) is 17.8. The summed E-state index contributed by atoms with van der Waals surface area (Å²) in [4.78, 5) is 27.3. The summed E-state index contributed by atoms with van der Waals surface area (Å²) in [7, 11) is 0. The van der Waals surface area contributed by atoms with Crippen LogP contribution in [0, 0.1) is 121 Å². The summed E-state index contributed by atoms with van der Waals surface area (Å²) in [6.07, 6.45) is 61.1. The minimum Gasteiger partial charge on any atom is -0.271 e. The molecule has 13 heterocycles. The highest BCUT2D eigenvalue weighted by Crippen LogP contribution is 2.44. The molecule has 610 valence electrons. The molecule has 1 aromatic carbocycles. The Morgan fingerprint density at radius 2 is 0.736 bits per heavy atom. The van der Waals surface area contributed by atoms with E-state index in [1.807, 2.05) is 84.2 Å². The Hall–Kier alpha value is -12.3. The molecule has 31 heteroatoms. The van der Waals surface area contributed by atoms with Crippen LogP contribution in [0.4, 0.5) is 4.39 Å². The van der Waals surface area contributed by atoms with E-state index in [-0.39, 0.29) is 47.2 Å². The lowest BCUT2D eigenvalue weighted by atomic mass is 9.80. The van der Waals surface area contributed by atoms with Gasteiger partial charge in [0.1, 0.15) is 22.4 Å². The van der Waals surface area contributed by atoms with Crippen molar-refractivity contribution in [3.05, 3.63) is 214 Å². The van der Waals surface area contributed by atoms with Gasteiger partial charge in [-0.05, 0) is 225 Å². The number of nitriles is 7. The summed E-state index contributed by atoms with van der Waals surface area (Å²) in [5.74, 6) is 2.99. The van der Waals surface area contributed by atoms with Crippen molar-refractivity contribution in [1.82, 2.24) is 97.4 Å².